The van der Waals surface area contributed by atoms with Crippen molar-refractivity contribution < 1.29 is 18.3 Å². The van der Waals surface area contributed by atoms with E-state index in [-0.39, 0.29) is 35.1 Å². The van der Waals surface area contributed by atoms with Crippen LogP contribution in [0.1, 0.15) is 12.8 Å². The number of amides is 1. The number of aromatic nitrogens is 5. The number of nitrogens with one attached hydrogen (secondary N) is 1. The molecule has 4 heterocycles. The van der Waals surface area contributed by atoms with Gasteiger partial charge in [-0.25, -0.2) is 18.7 Å². The van der Waals surface area contributed by atoms with E-state index in [0.717, 1.165) is 23.1 Å². The Labute approximate surface area is 191 Å². The minimum Gasteiger partial charge on any atom is -0.476 e. The molecule has 5 rings (SSSR count). The maximum absolute atomic E-state index is 14.5. The van der Waals surface area contributed by atoms with E-state index < -0.39 is 22.9 Å². The molecule has 34 heavy (non-hydrogen) atoms. The van der Waals surface area contributed by atoms with Gasteiger partial charge in [-0.2, -0.15) is 5.10 Å². The number of benzene rings is 1. The summed E-state index contributed by atoms with van der Waals surface area (Å²) in [6.07, 6.45) is 3.90. The number of fused-ring (bicyclic) bond motifs is 1. The number of nitrogens with two attached hydrogens (primary N) is 1. The third kappa shape index (κ3) is 3.72. The first-order valence-corrected chi connectivity index (χ1v) is 10.5. The van der Waals surface area contributed by atoms with Crippen LogP contribution in [0.2, 0.25) is 0 Å². The number of carbonyl (C=O) groups excluding carboxylic acids is 1. The molecule has 174 valence electrons. The SMILES string of the molecule is Nc1n[nH]c2c(-c3cc(OCCN4CCCC4=O)ncn3)cn(-c3c(F)cccc3F)c(=O)c12. The zero-order valence-electron chi connectivity index (χ0n) is 17.8. The lowest BCUT2D eigenvalue weighted by Gasteiger charge is -2.15. The summed E-state index contributed by atoms with van der Waals surface area (Å²) >= 11 is 0. The Morgan fingerprint density at radius 2 is 1.97 bits per heavy atom. The second kappa shape index (κ2) is 8.54. The third-order valence-corrected chi connectivity index (χ3v) is 5.63. The Morgan fingerprint density at radius 3 is 2.71 bits per heavy atom. The van der Waals surface area contributed by atoms with E-state index in [9.17, 15) is 18.4 Å². The van der Waals surface area contributed by atoms with Crippen LogP contribution in [-0.4, -0.2) is 55.2 Å². The number of hydrogen-bond donors (Lipinski definition) is 2. The smallest absolute Gasteiger partial charge is 0.268 e. The topological polar surface area (TPSA) is 132 Å². The molecule has 1 aliphatic rings. The predicted octanol–water partition coefficient (Wildman–Crippen LogP) is 2.03. The number of pyridine rings is 1. The Hall–Kier alpha value is -4.35. The largest absolute Gasteiger partial charge is 0.476 e. The first kappa shape index (κ1) is 21.5. The molecule has 0 saturated carbocycles. The molecule has 1 aromatic carbocycles. The van der Waals surface area contributed by atoms with Gasteiger partial charge in [0.2, 0.25) is 11.8 Å². The lowest BCUT2D eigenvalue weighted by Crippen LogP contribution is -2.29. The summed E-state index contributed by atoms with van der Waals surface area (Å²) in [5.74, 6) is -1.63. The van der Waals surface area contributed by atoms with E-state index in [0.29, 0.717) is 30.8 Å². The van der Waals surface area contributed by atoms with Crippen LogP contribution >= 0.6 is 0 Å². The molecule has 0 atom stereocenters. The number of rotatable bonds is 6. The Kier molecular flexibility index (Phi) is 5.40. The maximum Gasteiger partial charge on any atom is 0.268 e. The van der Waals surface area contributed by atoms with Crippen molar-refractivity contribution in [3.63, 3.8) is 0 Å². The van der Waals surface area contributed by atoms with E-state index in [4.69, 9.17) is 10.5 Å². The summed E-state index contributed by atoms with van der Waals surface area (Å²) in [5, 5.41) is 6.54. The molecule has 0 radical (unpaired) electrons. The van der Waals surface area contributed by atoms with Crippen LogP contribution in [0.3, 0.4) is 0 Å². The first-order chi connectivity index (χ1) is 16.4. The van der Waals surface area contributed by atoms with E-state index in [2.05, 4.69) is 20.2 Å². The van der Waals surface area contributed by atoms with Gasteiger partial charge < -0.3 is 15.4 Å². The minimum absolute atomic E-state index is 0.0335. The van der Waals surface area contributed by atoms with E-state index in [1.165, 1.54) is 24.7 Å². The first-order valence-electron chi connectivity index (χ1n) is 10.5. The van der Waals surface area contributed by atoms with Crippen LogP contribution in [0, 0.1) is 11.6 Å². The number of aromatic amines is 1. The standard InChI is InChI=1S/C22H19F2N7O3/c23-13-3-1-4-14(24)20(13)31-10-12(19-18(22(31)33)21(25)29-28-19)15-9-16(27-11-26-15)34-8-7-30-6-2-5-17(30)32/h1,3-4,9-11H,2,5-8H2,(H3,25,28,29). The summed E-state index contributed by atoms with van der Waals surface area (Å²) in [6, 6.07) is 4.82. The van der Waals surface area contributed by atoms with Gasteiger partial charge in [-0.3, -0.25) is 19.3 Å². The molecular weight excluding hydrogens is 448 g/mol. The predicted molar refractivity (Wildman–Crippen MR) is 118 cm³/mol. The number of ether oxygens (including phenoxy) is 1. The molecule has 3 aromatic heterocycles. The fraction of sp³-hybridized carbons (Fsp3) is 0.227. The van der Waals surface area contributed by atoms with Gasteiger partial charge in [0.25, 0.3) is 5.56 Å². The second-order valence-electron chi connectivity index (χ2n) is 7.72. The van der Waals surface area contributed by atoms with Crippen molar-refractivity contribution >= 4 is 22.6 Å². The van der Waals surface area contributed by atoms with Gasteiger partial charge >= 0.3 is 0 Å². The zero-order chi connectivity index (χ0) is 23.8. The minimum atomic E-state index is -0.919. The number of nitrogen functional groups attached to an aromatic ring is 1. The van der Waals surface area contributed by atoms with Crippen LogP contribution < -0.4 is 16.0 Å². The van der Waals surface area contributed by atoms with Crippen LogP contribution in [0.25, 0.3) is 27.8 Å². The molecule has 12 heteroatoms. The number of para-hydroxylation sites is 1. The van der Waals surface area contributed by atoms with E-state index in [1.54, 1.807) is 4.90 Å². The van der Waals surface area contributed by atoms with Crippen molar-refractivity contribution in [3.05, 3.63) is 58.8 Å². The molecule has 1 aliphatic heterocycles. The van der Waals surface area contributed by atoms with Crippen molar-refractivity contribution in [1.82, 2.24) is 29.6 Å². The zero-order valence-corrected chi connectivity index (χ0v) is 17.8. The second-order valence-corrected chi connectivity index (χ2v) is 7.72. The van der Waals surface area contributed by atoms with Gasteiger partial charge in [-0.15, -0.1) is 0 Å². The number of carbonyl (C=O) groups is 1. The number of anilines is 1. The van der Waals surface area contributed by atoms with Crippen molar-refractivity contribution in [2.45, 2.75) is 12.8 Å². The van der Waals surface area contributed by atoms with Gasteiger partial charge in [0.1, 0.15) is 35.6 Å². The number of nitrogens with zero attached hydrogens (tertiary/aromatic N) is 5. The molecule has 0 unspecified atom stereocenters. The van der Waals surface area contributed by atoms with Gasteiger partial charge in [-0.05, 0) is 18.6 Å². The highest BCUT2D eigenvalue weighted by molar-refractivity contribution is 5.97. The van der Waals surface area contributed by atoms with Crippen LogP contribution in [-0.2, 0) is 4.79 Å². The summed E-state index contributed by atoms with van der Waals surface area (Å²) < 4.78 is 35.5. The monoisotopic (exact) mass is 467 g/mol. The Bertz CT molecular complexity index is 1450. The van der Waals surface area contributed by atoms with Gasteiger partial charge in [0, 0.05) is 30.8 Å². The maximum atomic E-state index is 14.5. The van der Waals surface area contributed by atoms with Crippen LogP contribution in [0.5, 0.6) is 5.88 Å². The molecule has 0 spiro atoms. The van der Waals surface area contributed by atoms with Crippen molar-refractivity contribution in [1.29, 1.82) is 0 Å². The lowest BCUT2D eigenvalue weighted by atomic mass is 10.1. The quantitative estimate of drug-likeness (QED) is 0.443. The Morgan fingerprint density at radius 1 is 1.18 bits per heavy atom. The summed E-state index contributed by atoms with van der Waals surface area (Å²) in [6.45, 7) is 1.36. The van der Waals surface area contributed by atoms with Crippen LogP contribution in [0.4, 0.5) is 14.6 Å². The molecule has 10 nitrogen and oxygen atoms in total. The van der Waals surface area contributed by atoms with Gasteiger partial charge in [0.15, 0.2) is 5.82 Å². The molecular formula is C22H19F2N7O3. The molecule has 0 aliphatic carbocycles. The fourth-order valence-electron chi connectivity index (χ4n) is 3.99. The average Bonchev–Trinajstić information content (AvgIpc) is 3.41. The highest BCUT2D eigenvalue weighted by Gasteiger charge is 2.22. The molecule has 3 N–H and O–H groups in total. The van der Waals surface area contributed by atoms with Gasteiger partial charge in [-0.1, -0.05) is 6.07 Å². The van der Waals surface area contributed by atoms with Crippen molar-refractivity contribution in [3.8, 4) is 22.8 Å². The number of halogens is 2. The molecule has 4 aromatic rings. The fourth-order valence-corrected chi connectivity index (χ4v) is 3.99. The molecule has 1 amide bonds. The normalized spacial score (nSPS) is 13.7. The van der Waals surface area contributed by atoms with E-state index >= 15 is 0 Å². The summed E-state index contributed by atoms with van der Waals surface area (Å²) in [5.41, 5.74) is 5.46. The number of H-pyrrole nitrogens is 1. The van der Waals surface area contributed by atoms with Crippen molar-refractivity contribution in [2.24, 2.45) is 0 Å². The lowest BCUT2D eigenvalue weighted by molar-refractivity contribution is -0.128. The number of likely N-dealkylation sites (tertiary alicyclic amines) is 1. The number of hydrogen-bond acceptors (Lipinski definition) is 7. The molecule has 1 saturated heterocycles. The summed E-state index contributed by atoms with van der Waals surface area (Å²) in [7, 11) is 0. The average molecular weight is 467 g/mol. The van der Waals surface area contributed by atoms with Crippen molar-refractivity contribution in [2.75, 3.05) is 25.4 Å². The highest BCUT2D eigenvalue weighted by Crippen LogP contribution is 2.29. The Balaban J connectivity index is 1.55. The van der Waals surface area contributed by atoms with Gasteiger partial charge in [0.05, 0.1) is 17.8 Å². The highest BCUT2D eigenvalue weighted by atomic mass is 19.1. The molecule has 0 bridgehead atoms. The van der Waals surface area contributed by atoms with Crippen LogP contribution in [0.15, 0.2) is 41.6 Å². The molecule has 1 fully saturated rings. The third-order valence-electron chi connectivity index (χ3n) is 5.63. The van der Waals surface area contributed by atoms with E-state index in [1.807, 2.05) is 0 Å². The summed E-state index contributed by atoms with van der Waals surface area (Å²) in [4.78, 5) is 34.8.